The van der Waals surface area contributed by atoms with Crippen molar-refractivity contribution in [2.24, 2.45) is 16.8 Å². The molecule has 0 radical (unpaired) electrons. The van der Waals surface area contributed by atoms with Gasteiger partial charge in [-0.05, 0) is 56.5 Å². The first-order valence-corrected chi connectivity index (χ1v) is 13.8. The van der Waals surface area contributed by atoms with Crippen molar-refractivity contribution in [2.75, 3.05) is 5.32 Å². The molecule has 40 heavy (non-hydrogen) atoms. The van der Waals surface area contributed by atoms with Gasteiger partial charge in [-0.2, -0.15) is 4.99 Å². The van der Waals surface area contributed by atoms with Crippen LogP contribution in [-0.2, 0) is 20.8 Å². The number of aromatic nitrogens is 2. The molecule has 2 aromatic carbocycles. The Hall–Kier alpha value is -4.11. The molecule has 5 rings (SSSR count). The number of carbonyl (C=O) groups is 3. The van der Waals surface area contributed by atoms with Gasteiger partial charge in [0.15, 0.2) is 0 Å². The molecular weight excluding hydrogens is 528 g/mol. The summed E-state index contributed by atoms with van der Waals surface area (Å²) < 4.78 is 0. The van der Waals surface area contributed by atoms with Gasteiger partial charge < -0.3 is 5.32 Å². The summed E-state index contributed by atoms with van der Waals surface area (Å²) in [6, 6.07) is 17.1. The summed E-state index contributed by atoms with van der Waals surface area (Å²) in [7, 11) is 0. The second-order valence-corrected chi connectivity index (χ2v) is 10.7. The number of rotatable bonds is 6. The maximum atomic E-state index is 14.0. The van der Waals surface area contributed by atoms with E-state index in [1.165, 1.54) is 4.90 Å². The fraction of sp³-hybridized carbons (Fsp3) is 0.333. The lowest BCUT2D eigenvalue weighted by Gasteiger charge is -2.26. The van der Waals surface area contributed by atoms with Gasteiger partial charge in [0.25, 0.3) is 5.95 Å². The van der Waals surface area contributed by atoms with Gasteiger partial charge in [0.05, 0.1) is 11.8 Å². The minimum atomic E-state index is -1.06. The Bertz CT molecular complexity index is 1420. The number of nitrogens with one attached hydrogen (secondary N) is 2. The number of anilines is 1. The fourth-order valence-corrected chi connectivity index (χ4v) is 5.67. The first-order chi connectivity index (χ1) is 19.3. The van der Waals surface area contributed by atoms with E-state index in [-0.39, 0.29) is 42.0 Å². The Morgan fingerprint density at radius 1 is 0.975 bits per heavy atom. The van der Waals surface area contributed by atoms with Crippen LogP contribution in [0.5, 0.6) is 0 Å². The van der Waals surface area contributed by atoms with Crippen molar-refractivity contribution in [1.29, 1.82) is 0 Å². The number of benzene rings is 2. The van der Waals surface area contributed by atoms with Gasteiger partial charge in [0, 0.05) is 28.5 Å². The van der Waals surface area contributed by atoms with E-state index >= 15 is 0 Å². The van der Waals surface area contributed by atoms with E-state index < -0.39 is 11.9 Å². The van der Waals surface area contributed by atoms with Crippen molar-refractivity contribution in [1.82, 2.24) is 20.2 Å². The maximum Gasteiger partial charge on any atom is 0.253 e. The van der Waals surface area contributed by atoms with Gasteiger partial charge in [0.1, 0.15) is 6.04 Å². The Balaban J connectivity index is 1.49. The number of likely N-dealkylation sites (tertiary alicyclic amines) is 1. The normalized spacial score (nSPS) is 19.8. The second kappa shape index (κ2) is 12.0. The molecule has 0 unspecified atom stereocenters. The zero-order chi connectivity index (χ0) is 28.2. The number of carbonyl (C=O) groups excluding carboxylic acids is 3. The predicted octanol–water partition coefficient (Wildman–Crippen LogP) is 4.75. The third-order valence-electron chi connectivity index (χ3n) is 7.27. The van der Waals surface area contributed by atoms with Crippen molar-refractivity contribution >= 4 is 46.9 Å². The van der Waals surface area contributed by atoms with E-state index in [0.29, 0.717) is 23.6 Å². The minimum Gasteiger partial charge on any atom is -0.326 e. The number of aliphatic imine (C=N–C) groups is 1. The van der Waals surface area contributed by atoms with E-state index in [4.69, 9.17) is 11.6 Å². The Kier molecular flexibility index (Phi) is 8.21. The van der Waals surface area contributed by atoms with E-state index in [9.17, 15) is 14.4 Å². The maximum absolute atomic E-state index is 14.0. The summed E-state index contributed by atoms with van der Waals surface area (Å²) in [6.07, 6.45) is 3.31. The highest BCUT2D eigenvalue weighted by Crippen LogP contribution is 2.39. The van der Waals surface area contributed by atoms with Gasteiger partial charge in [-0.3, -0.25) is 24.6 Å². The van der Waals surface area contributed by atoms with Gasteiger partial charge in [0.2, 0.25) is 23.7 Å². The van der Waals surface area contributed by atoms with Crippen LogP contribution in [0.3, 0.4) is 0 Å². The van der Waals surface area contributed by atoms with E-state index in [0.717, 1.165) is 29.8 Å². The second-order valence-electron chi connectivity index (χ2n) is 10.3. The number of imide groups is 1. The monoisotopic (exact) mass is 558 g/mol. The quantitative estimate of drug-likeness (QED) is 0.256. The molecule has 1 saturated heterocycles. The van der Waals surface area contributed by atoms with Crippen molar-refractivity contribution in [2.45, 2.75) is 52.0 Å². The Morgan fingerprint density at radius 3 is 2.25 bits per heavy atom. The number of nitrogens with zero attached hydrogens (tertiary/aromatic N) is 4. The highest BCUT2D eigenvalue weighted by molar-refractivity contribution is 6.31. The Labute approximate surface area is 238 Å². The number of fused-ring (bicyclic) bond motifs is 1. The summed E-state index contributed by atoms with van der Waals surface area (Å²) in [6.45, 7) is 3.66. The molecule has 206 valence electrons. The zero-order valence-electron chi connectivity index (χ0n) is 22.4. The topological polar surface area (TPSA) is 117 Å². The minimum absolute atomic E-state index is 0.0480. The van der Waals surface area contributed by atoms with Gasteiger partial charge >= 0.3 is 0 Å². The molecule has 0 bridgehead atoms. The Morgan fingerprint density at radius 2 is 1.62 bits per heavy atom. The molecule has 2 fully saturated rings. The summed E-state index contributed by atoms with van der Waals surface area (Å²) in [5, 5.41) is 6.40. The van der Waals surface area contributed by atoms with Crippen LogP contribution >= 0.6 is 11.6 Å². The zero-order valence-corrected chi connectivity index (χ0v) is 23.2. The summed E-state index contributed by atoms with van der Waals surface area (Å²) in [4.78, 5) is 55.4. The van der Waals surface area contributed by atoms with Gasteiger partial charge in [-0.15, -0.1) is 0 Å². The van der Waals surface area contributed by atoms with Crippen LogP contribution < -0.4 is 10.6 Å². The van der Waals surface area contributed by atoms with Crippen LogP contribution in [0, 0.1) is 25.7 Å². The van der Waals surface area contributed by atoms with Crippen LogP contribution in [-0.4, -0.2) is 44.6 Å². The van der Waals surface area contributed by atoms with Crippen molar-refractivity contribution in [3.05, 3.63) is 82.6 Å². The first kappa shape index (κ1) is 27.5. The molecule has 9 nitrogen and oxygen atoms in total. The molecule has 3 aromatic rings. The van der Waals surface area contributed by atoms with Crippen molar-refractivity contribution < 1.29 is 14.4 Å². The standard InChI is InChI=1S/C30H31ClN6O3/c1-18-15-19(2)33-29(32-18)36-30(34-22-12-8-11-21(31)17-22)35-26(38)25(16-20-9-4-3-5-10-20)37-27(39)23-13-6-7-14-24(23)28(37)40/h3-5,8-12,15,17,23-25H,6-7,13-14,16H2,1-2H3,(H2,32,33,34,35,36,38)/t23-,24+,25-/m1/s1. The summed E-state index contributed by atoms with van der Waals surface area (Å²) in [5.41, 5.74) is 2.85. The third-order valence-corrected chi connectivity index (χ3v) is 7.51. The average molecular weight is 559 g/mol. The lowest BCUT2D eigenvalue weighted by atomic mass is 9.81. The lowest BCUT2D eigenvalue weighted by molar-refractivity contribution is -0.147. The molecule has 1 aliphatic heterocycles. The highest BCUT2D eigenvalue weighted by Gasteiger charge is 2.51. The van der Waals surface area contributed by atoms with Crippen LogP contribution in [0.1, 0.15) is 42.6 Å². The van der Waals surface area contributed by atoms with Gasteiger partial charge in [-0.1, -0.05) is 60.8 Å². The molecule has 1 aliphatic carbocycles. The number of aryl methyl sites for hydroxylation is 2. The predicted molar refractivity (Wildman–Crippen MR) is 153 cm³/mol. The smallest absolute Gasteiger partial charge is 0.253 e. The molecule has 1 aromatic heterocycles. The van der Waals surface area contributed by atoms with E-state index in [2.05, 4.69) is 25.6 Å². The summed E-state index contributed by atoms with van der Waals surface area (Å²) >= 11 is 6.18. The lowest BCUT2D eigenvalue weighted by Crippen LogP contribution is -2.53. The molecule has 2 N–H and O–H groups in total. The molecule has 3 atom stereocenters. The average Bonchev–Trinajstić information content (AvgIpc) is 3.17. The van der Waals surface area contributed by atoms with Crippen LogP contribution in [0.25, 0.3) is 0 Å². The number of hydrogen-bond acceptors (Lipinski definition) is 6. The number of hydrogen-bond donors (Lipinski definition) is 2. The molecule has 2 aliphatic rings. The molecule has 2 heterocycles. The highest BCUT2D eigenvalue weighted by atomic mass is 35.5. The number of halogens is 1. The molecule has 1 saturated carbocycles. The fourth-order valence-electron chi connectivity index (χ4n) is 5.48. The molecule has 3 amide bonds. The van der Waals surface area contributed by atoms with Crippen LogP contribution in [0.2, 0.25) is 5.02 Å². The summed E-state index contributed by atoms with van der Waals surface area (Å²) in [5.74, 6) is -1.62. The SMILES string of the molecule is Cc1cc(C)nc(N=C(NC(=O)[C@@H](Cc2ccccc2)N2C(=O)[C@H]3CCCC[C@H]3C2=O)Nc2cccc(Cl)c2)n1. The first-order valence-electron chi connectivity index (χ1n) is 13.4. The van der Waals surface area contributed by atoms with Crippen molar-refractivity contribution in [3.63, 3.8) is 0 Å². The number of amides is 3. The third kappa shape index (κ3) is 6.20. The van der Waals surface area contributed by atoms with Crippen LogP contribution in [0.15, 0.2) is 65.7 Å². The molecular formula is C30H31ClN6O3. The largest absolute Gasteiger partial charge is 0.326 e. The molecule has 0 spiro atoms. The van der Waals surface area contributed by atoms with Crippen LogP contribution in [0.4, 0.5) is 11.6 Å². The van der Waals surface area contributed by atoms with Gasteiger partial charge in [-0.25, -0.2) is 9.97 Å². The number of guanidine groups is 1. The van der Waals surface area contributed by atoms with E-state index in [1.807, 2.05) is 50.2 Å². The van der Waals surface area contributed by atoms with Crippen molar-refractivity contribution in [3.8, 4) is 0 Å². The molecule has 10 heteroatoms. The van der Waals surface area contributed by atoms with E-state index in [1.54, 1.807) is 24.3 Å².